The van der Waals surface area contributed by atoms with E-state index >= 15 is 0 Å². The predicted octanol–water partition coefficient (Wildman–Crippen LogP) is 1.54. The summed E-state index contributed by atoms with van der Waals surface area (Å²) in [6, 6.07) is 9.36. The molecule has 6 nitrogen and oxygen atoms in total. The van der Waals surface area contributed by atoms with E-state index in [1.807, 2.05) is 0 Å². The fourth-order valence-electron chi connectivity index (χ4n) is 1.84. The number of hydrogen-bond donors (Lipinski definition) is 2. The maximum Gasteiger partial charge on any atom is 0.269 e. The standard InChI is InChI=1S/C12H11N3O3/c13-12(16)11(10-5-2-6-14-10)8-3-1-4-9(7-8)15(17)18/h1-7,11,14H,(H2,13,16). The van der Waals surface area contributed by atoms with Crippen molar-refractivity contribution >= 4 is 11.6 Å². The second kappa shape index (κ2) is 4.70. The van der Waals surface area contributed by atoms with Crippen molar-refractivity contribution in [2.24, 2.45) is 5.73 Å². The number of hydrogen-bond acceptors (Lipinski definition) is 3. The number of primary amides is 1. The summed E-state index contributed by atoms with van der Waals surface area (Å²) in [5.74, 6) is -1.27. The van der Waals surface area contributed by atoms with Crippen LogP contribution in [0.1, 0.15) is 17.2 Å². The third kappa shape index (κ3) is 2.22. The van der Waals surface area contributed by atoms with Gasteiger partial charge in [-0.2, -0.15) is 0 Å². The van der Waals surface area contributed by atoms with Gasteiger partial charge in [0.05, 0.1) is 4.92 Å². The van der Waals surface area contributed by atoms with E-state index in [4.69, 9.17) is 5.73 Å². The van der Waals surface area contributed by atoms with Crippen LogP contribution in [0.25, 0.3) is 0 Å². The summed E-state index contributed by atoms with van der Waals surface area (Å²) in [4.78, 5) is 24.6. The molecule has 0 saturated heterocycles. The van der Waals surface area contributed by atoms with Crippen molar-refractivity contribution in [1.29, 1.82) is 0 Å². The summed E-state index contributed by atoms with van der Waals surface area (Å²) in [5.41, 5.74) is 6.41. The Morgan fingerprint density at radius 3 is 2.67 bits per heavy atom. The highest BCUT2D eigenvalue weighted by Crippen LogP contribution is 2.25. The number of nitro groups is 1. The van der Waals surface area contributed by atoms with Crippen LogP contribution in [0.5, 0.6) is 0 Å². The lowest BCUT2D eigenvalue weighted by molar-refractivity contribution is -0.384. The largest absolute Gasteiger partial charge is 0.369 e. The molecule has 0 radical (unpaired) electrons. The quantitative estimate of drug-likeness (QED) is 0.630. The van der Waals surface area contributed by atoms with E-state index < -0.39 is 16.7 Å². The van der Waals surface area contributed by atoms with E-state index in [1.165, 1.54) is 18.2 Å². The monoisotopic (exact) mass is 245 g/mol. The molecule has 1 amide bonds. The summed E-state index contributed by atoms with van der Waals surface area (Å²) in [6.07, 6.45) is 1.67. The molecule has 1 heterocycles. The first kappa shape index (κ1) is 11.8. The Kier molecular flexibility index (Phi) is 3.09. The number of nitrogens with one attached hydrogen (secondary N) is 1. The molecule has 1 atom stereocenters. The van der Waals surface area contributed by atoms with Crippen LogP contribution >= 0.6 is 0 Å². The maximum atomic E-state index is 11.5. The molecule has 1 aromatic carbocycles. The molecule has 18 heavy (non-hydrogen) atoms. The van der Waals surface area contributed by atoms with E-state index in [-0.39, 0.29) is 5.69 Å². The molecular weight excluding hydrogens is 234 g/mol. The molecule has 0 aliphatic rings. The first-order valence-corrected chi connectivity index (χ1v) is 5.26. The molecule has 2 rings (SSSR count). The van der Waals surface area contributed by atoms with Crippen LogP contribution in [0.4, 0.5) is 5.69 Å². The van der Waals surface area contributed by atoms with Crippen LogP contribution in [-0.2, 0) is 4.79 Å². The number of non-ortho nitro benzene ring substituents is 1. The Balaban J connectivity index is 2.47. The molecule has 0 spiro atoms. The van der Waals surface area contributed by atoms with Crippen molar-refractivity contribution in [3.63, 3.8) is 0 Å². The summed E-state index contributed by atoms with van der Waals surface area (Å²) < 4.78 is 0. The summed E-state index contributed by atoms with van der Waals surface area (Å²) in [7, 11) is 0. The number of carbonyl (C=O) groups is 1. The molecule has 1 unspecified atom stereocenters. The Morgan fingerprint density at radius 1 is 1.33 bits per heavy atom. The number of nitro benzene ring substituents is 1. The average Bonchev–Trinajstić information content (AvgIpc) is 2.82. The van der Waals surface area contributed by atoms with Crippen molar-refractivity contribution in [2.75, 3.05) is 0 Å². The Labute approximate surface area is 103 Å². The van der Waals surface area contributed by atoms with E-state index in [0.717, 1.165) is 0 Å². The summed E-state index contributed by atoms with van der Waals surface area (Å²) >= 11 is 0. The fourth-order valence-corrected chi connectivity index (χ4v) is 1.84. The van der Waals surface area contributed by atoms with Crippen LogP contribution in [0.3, 0.4) is 0 Å². The molecule has 92 valence electrons. The van der Waals surface area contributed by atoms with Crippen LogP contribution in [0.15, 0.2) is 42.6 Å². The third-order valence-corrected chi connectivity index (χ3v) is 2.63. The predicted molar refractivity (Wildman–Crippen MR) is 64.9 cm³/mol. The second-order valence-electron chi connectivity index (χ2n) is 3.81. The number of benzene rings is 1. The normalized spacial score (nSPS) is 12.0. The topological polar surface area (TPSA) is 102 Å². The van der Waals surface area contributed by atoms with Gasteiger partial charge in [0.15, 0.2) is 0 Å². The highest BCUT2D eigenvalue weighted by Gasteiger charge is 2.22. The zero-order chi connectivity index (χ0) is 13.1. The average molecular weight is 245 g/mol. The number of aromatic nitrogens is 1. The van der Waals surface area contributed by atoms with Gasteiger partial charge in [-0.3, -0.25) is 14.9 Å². The lowest BCUT2D eigenvalue weighted by atomic mass is 9.95. The van der Waals surface area contributed by atoms with Gasteiger partial charge in [-0.25, -0.2) is 0 Å². The van der Waals surface area contributed by atoms with E-state index in [9.17, 15) is 14.9 Å². The highest BCUT2D eigenvalue weighted by atomic mass is 16.6. The van der Waals surface area contributed by atoms with Gasteiger partial charge in [0.25, 0.3) is 5.69 Å². The molecule has 2 aromatic rings. The molecule has 0 fully saturated rings. The first-order valence-electron chi connectivity index (χ1n) is 5.26. The van der Waals surface area contributed by atoms with Crippen molar-refractivity contribution in [3.8, 4) is 0 Å². The molecule has 0 aliphatic carbocycles. The summed E-state index contributed by atoms with van der Waals surface area (Å²) in [5, 5.41) is 10.7. The zero-order valence-corrected chi connectivity index (χ0v) is 9.37. The van der Waals surface area contributed by atoms with Crippen LogP contribution in [0.2, 0.25) is 0 Å². The van der Waals surface area contributed by atoms with Crippen LogP contribution < -0.4 is 5.73 Å². The number of carbonyl (C=O) groups excluding carboxylic acids is 1. The number of rotatable bonds is 4. The van der Waals surface area contributed by atoms with Crippen molar-refractivity contribution < 1.29 is 9.72 Å². The van der Waals surface area contributed by atoms with Gasteiger partial charge in [-0.05, 0) is 17.7 Å². The molecule has 3 N–H and O–H groups in total. The second-order valence-corrected chi connectivity index (χ2v) is 3.81. The Morgan fingerprint density at radius 2 is 2.11 bits per heavy atom. The van der Waals surface area contributed by atoms with Gasteiger partial charge in [0, 0.05) is 24.0 Å². The van der Waals surface area contributed by atoms with Gasteiger partial charge in [-0.15, -0.1) is 0 Å². The number of amides is 1. The Bertz CT molecular complexity index is 578. The van der Waals surface area contributed by atoms with Crippen LogP contribution in [0, 0.1) is 10.1 Å². The number of aromatic amines is 1. The molecular formula is C12H11N3O3. The minimum absolute atomic E-state index is 0.0645. The van der Waals surface area contributed by atoms with Gasteiger partial charge in [-0.1, -0.05) is 12.1 Å². The highest BCUT2D eigenvalue weighted by molar-refractivity contribution is 5.85. The van der Waals surface area contributed by atoms with E-state index in [2.05, 4.69) is 4.98 Å². The molecule has 0 aliphatic heterocycles. The fraction of sp³-hybridized carbons (Fsp3) is 0.0833. The lowest BCUT2D eigenvalue weighted by Gasteiger charge is -2.11. The number of H-pyrrole nitrogens is 1. The van der Waals surface area contributed by atoms with Crippen molar-refractivity contribution in [1.82, 2.24) is 4.98 Å². The van der Waals surface area contributed by atoms with Crippen LogP contribution in [-0.4, -0.2) is 15.8 Å². The zero-order valence-electron chi connectivity index (χ0n) is 9.37. The van der Waals surface area contributed by atoms with Gasteiger partial charge in [0.1, 0.15) is 5.92 Å². The molecule has 0 bridgehead atoms. The number of nitrogens with two attached hydrogens (primary N) is 1. The first-order chi connectivity index (χ1) is 8.59. The molecule has 0 saturated carbocycles. The molecule has 1 aromatic heterocycles. The van der Waals surface area contributed by atoms with Crippen molar-refractivity contribution in [3.05, 3.63) is 64.0 Å². The Hall–Kier alpha value is -2.63. The number of nitrogens with zero attached hydrogens (tertiary/aromatic N) is 1. The SMILES string of the molecule is NC(=O)C(c1cccc([N+](=O)[O-])c1)c1ccc[nH]1. The minimum atomic E-state index is -0.708. The molecule has 6 heteroatoms. The van der Waals surface area contributed by atoms with E-state index in [1.54, 1.807) is 24.4 Å². The summed E-state index contributed by atoms with van der Waals surface area (Å²) in [6.45, 7) is 0. The maximum absolute atomic E-state index is 11.5. The van der Waals surface area contributed by atoms with Gasteiger partial charge < -0.3 is 10.7 Å². The van der Waals surface area contributed by atoms with Gasteiger partial charge >= 0.3 is 0 Å². The lowest BCUT2D eigenvalue weighted by Crippen LogP contribution is -2.22. The smallest absolute Gasteiger partial charge is 0.269 e. The third-order valence-electron chi connectivity index (χ3n) is 2.63. The van der Waals surface area contributed by atoms with E-state index in [0.29, 0.717) is 11.3 Å². The van der Waals surface area contributed by atoms with Crippen molar-refractivity contribution in [2.45, 2.75) is 5.92 Å². The minimum Gasteiger partial charge on any atom is -0.369 e. The van der Waals surface area contributed by atoms with Gasteiger partial charge in [0.2, 0.25) is 5.91 Å².